The number of nitrogens with one attached hydrogen (secondary N) is 1. The molecule has 26 heavy (non-hydrogen) atoms. The smallest absolute Gasteiger partial charge is 0.283 e. The molecule has 0 aliphatic rings. The summed E-state index contributed by atoms with van der Waals surface area (Å²) in [5.41, 5.74) is 7.06. The van der Waals surface area contributed by atoms with Gasteiger partial charge < -0.3 is 19.9 Å². The fraction of sp³-hybridized carbons (Fsp3) is 0. The predicted octanol–water partition coefficient (Wildman–Crippen LogP) is 3.23. The van der Waals surface area contributed by atoms with Gasteiger partial charge in [-0.15, -0.1) is 10.2 Å². The molecule has 0 aliphatic carbocycles. The maximum absolute atomic E-state index is 12.3. The molecule has 128 valence electrons. The first kappa shape index (κ1) is 15.6. The quantitative estimate of drug-likeness (QED) is 0.581. The third-order valence-electron chi connectivity index (χ3n) is 3.53. The largest absolute Gasteiger partial charge is 0.459 e. The van der Waals surface area contributed by atoms with Gasteiger partial charge in [-0.05, 0) is 42.5 Å². The average Bonchev–Trinajstić information content (AvgIpc) is 3.33. The molecule has 0 atom stereocenters. The molecular weight excluding hydrogens is 334 g/mol. The van der Waals surface area contributed by atoms with E-state index in [1.54, 1.807) is 54.6 Å². The highest BCUT2D eigenvalue weighted by molar-refractivity contribution is 6.03. The van der Waals surface area contributed by atoms with Gasteiger partial charge in [0.2, 0.25) is 5.89 Å². The lowest BCUT2D eigenvalue weighted by Crippen LogP contribution is -2.14. The maximum atomic E-state index is 12.3. The summed E-state index contributed by atoms with van der Waals surface area (Å²) in [4.78, 5) is 16.3. The van der Waals surface area contributed by atoms with E-state index < -0.39 is 0 Å². The van der Waals surface area contributed by atoms with E-state index in [9.17, 15) is 4.79 Å². The topological polar surface area (TPSA) is 120 Å². The van der Waals surface area contributed by atoms with Crippen molar-refractivity contribution in [3.8, 4) is 23.1 Å². The Hall–Kier alpha value is -3.94. The zero-order valence-corrected chi connectivity index (χ0v) is 13.4. The van der Waals surface area contributed by atoms with Crippen molar-refractivity contribution in [3.05, 3.63) is 66.6 Å². The second-order valence-corrected chi connectivity index (χ2v) is 5.37. The molecule has 3 aromatic heterocycles. The van der Waals surface area contributed by atoms with Crippen LogP contribution >= 0.6 is 0 Å². The van der Waals surface area contributed by atoms with Crippen LogP contribution in [0.2, 0.25) is 0 Å². The summed E-state index contributed by atoms with van der Waals surface area (Å²) in [6, 6.07) is 15.4. The lowest BCUT2D eigenvalue weighted by Gasteiger charge is -2.06. The van der Waals surface area contributed by atoms with Gasteiger partial charge in [-0.25, -0.2) is 4.98 Å². The number of aromatic nitrogens is 3. The van der Waals surface area contributed by atoms with Crippen molar-refractivity contribution in [2.45, 2.75) is 0 Å². The van der Waals surface area contributed by atoms with E-state index in [2.05, 4.69) is 20.5 Å². The van der Waals surface area contributed by atoms with Gasteiger partial charge in [0.25, 0.3) is 11.8 Å². The van der Waals surface area contributed by atoms with Crippen molar-refractivity contribution >= 4 is 17.4 Å². The van der Waals surface area contributed by atoms with Gasteiger partial charge >= 0.3 is 0 Å². The first-order valence-electron chi connectivity index (χ1n) is 7.71. The summed E-state index contributed by atoms with van der Waals surface area (Å²) >= 11 is 0. The number of anilines is 2. The fourth-order valence-electron chi connectivity index (χ4n) is 2.34. The third-order valence-corrected chi connectivity index (χ3v) is 3.53. The number of hydrogen-bond acceptors (Lipinski definition) is 7. The minimum Gasteiger partial charge on any atom is -0.459 e. The highest BCUT2D eigenvalue weighted by Crippen LogP contribution is 2.26. The van der Waals surface area contributed by atoms with Crippen molar-refractivity contribution < 1.29 is 13.6 Å². The van der Waals surface area contributed by atoms with E-state index in [0.717, 1.165) is 0 Å². The second-order valence-electron chi connectivity index (χ2n) is 5.37. The number of benzene rings is 1. The zero-order valence-electron chi connectivity index (χ0n) is 13.4. The molecule has 0 saturated heterocycles. The summed E-state index contributed by atoms with van der Waals surface area (Å²) in [6.07, 6.45) is 1.53. The van der Waals surface area contributed by atoms with Crippen molar-refractivity contribution in [2.24, 2.45) is 0 Å². The van der Waals surface area contributed by atoms with Gasteiger partial charge in [0.05, 0.1) is 6.26 Å². The molecule has 3 heterocycles. The summed E-state index contributed by atoms with van der Waals surface area (Å²) in [6.45, 7) is 0. The molecule has 3 N–H and O–H groups in total. The van der Waals surface area contributed by atoms with Crippen LogP contribution in [0.1, 0.15) is 10.5 Å². The first-order chi connectivity index (χ1) is 12.7. The number of carbonyl (C=O) groups excluding carboxylic acids is 1. The lowest BCUT2D eigenvalue weighted by atomic mass is 10.2. The zero-order chi connectivity index (χ0) is 17.9. The maximum Gasteiger partial charge on any atom is 0.283 e. The minimum absolute atomic E-state index is 0.230. The average molecular weight is 347 g/mol. The number of amides is 1. The monoisotopic (exact) mass is 347 g/mol. The van der Waals surface area contributed by atoms with Gasteiger partial charge in [0, 0.05) is 11.3 Å². The van der Waals surface area contributed by atoms with Crippen LogP contribution in [0.3, 0.4) is 0 Å². The first-order valence-corrected chi connectivity index (χ1v) is 7.71. The number of nitrogens with zero attached hydrogens (tertiary/aromatic N) is 3. The second kappa shape index (κ2) is 6.52. The molecular formula is C18H13N5O3. The van der Waals surface area contributed by atoms with Gasteiger partial charge in [0.15, 0.2) is 5.76 Å². The molecule has 4 rings (SSSR count). The number of nitrogen functional groups attached to an aromatic ring is 1. The van der Waals surface area contributed by atoms with E-state index in [0.29, 0.717) is 22.9 Å². The van der Waals surface area contributed by atoms with Crippen LogP contribution < -0.4 is 11.1 Å². The fourth-order valence-corrected chi connectivity index (χ4v) is 2.34. The van der Waals surface area contributed by atoms with E-state index in [-0.39, 0.29) is 23.3 Å². The standard InChI is InChI=1S/C18H13N5O3/c19-15-8-2-6-13(21-15)16(24)20-12-5-1-4-11(10-12)17-22-23-18(26-17)14-7-3-9-25-14/h1-10H,(H2,19,21)(H,20,24). The molecule has 0 saturated carbocycles. The number of pyridine rings is 1. The van der Waals surface area contributed by atoms with Crippen LogP contribution in [0.25, 0.3) is 23.1 Å². The lowest BCUT2D eigenvalue weighted by molar-refractivity contribution is 0.102. The molecule has 1 amide bonds. The Morgan fingerprint density at radius 3 is 2.65 bits per heavy atom. The Kier molecular flexibility index (Phi) is 3.91. The molecule has 0 bridgehead atoms. The van der Waals surface area contributed by atoms with Crippen LogP contribution in [0.4, 0.5) is 11.5 Å². The van der Waals surface area contributed by atoms with Crippen molar-refractivity contribution in [1.29, 1.82) is 0 Å². The van der Waals surface area contributed by atoms with Crippen molar-refractivity contribution in [1.82, 2.24) is 15.2 Å². The van der Waals surface area contributed by atoms with E-state index >= 15 is 0 Å². The van der Waals surface area contributed by atoms with Gasteiger partial charge in [-0.3, -0.25) is 4.79 Å². The Bertz CT molecular complexity index is 1060. The van der Waals surface area contributed by atoms with Gasteiger partial charge in [0.1, 0.15) is 11.5 Å². The van der Waals surface area contributed by atoms with E-state index in [1.807, 2.05) is 0 Å². The van der Waals surface area contributed by atoms with Crippen LogP contribution in [0, 0.1) is 0 Å². The molecule has 0 radical (unpaired) electrons. The Labute approximate surface area is 147 Å². The summed E-state index contributed by atoms with van der Waals surface area (Å²) in [5, 5.41) is 10.7. The molecule has 0 unspecified atom stereocenters. The van der Waals surface area contributed by atoms with Gasteiger partial charge in [-0.1, -0.05) is 12.1 Å². The Morgan fingerprint density at radius 1 is 1.00 bits per heavy atom. The van der Waals surface area contributed by atoms with Crippen LogP contribution in [0.15, 0.2) is 69.7 Å². The summed E-state index contributed by atoms with van der Waals surface area (Å²) in [7, 11) is 0. The van der Waals surface area contributed by atoms with Crippen LogP contribution in [-0.4, -0.2) is 21.1 Å². The molecule has 0 fully saturated rings. The number of carbonyl (C=O) groups is 1. The highest BCUT2D eigenvalue weighted by atomic mass is 16.4. The molecule has 8 heteroatoms. The summed E-state index contributed by atoms with van der Waals surface area (Å²) in [5.74, 6) is 0.998. The SMILES string of the molecule is Nc1cccc(C(=O)Nc2cccc(-c3nnc(-c4ccco4)o3)c2)n1. The molecule has 0 spiro atoms. The van der Waals surface area contributed by atoms with Gasteiger partial charge in [-0.2, -0.15) is 0 Å². The van der Waals surface area contributed by atoms with E-state index in [4.69, 9.17) is 14.6 Å². The van der Waals surface area contributed by atoms with Crippen molar-refractivity contribution in [2.75, 3.05) is 11.1 Å². The van der Waals surface area contributed by atoms with Crippen LogP contribution in [0.5, 0.6) is 0 Å². The molecule has 8 nitrogen and oxygen atoms in total. The Balaban J connectivity index is 1.56. The number of rotatable bonds is 4. The summed E-state index contributed by atoms with van der Waals surface area (Å²) < 4.78 is 10.9. The van der Waals surface area contributed by atoms with Crippen LogP contribution in [-0.2, 0) is 0 Å². The van der Waals surface area contributed by atoms with Crippen molar-refractivity contribution in [3.63, 3.8) is 0 Å². The Morgan fingerprint density at radius 2 is 1.85 bits per heavy atom. The third kappa shape index (κ3) is 3.16. The molecule has 1 aromatic carbocycles. The molecule has 0 aliphatic heterocycles. The molecule has 4 aromatic rings. The normalized spacial score (nSPS) is 10.6. The highest BCUT2D eigenvalue weighted by Gasteiger charge is 2.14. The minimum atomic E-state index is -0.365. The van der Waals surface area contributed by atoms with E-state index in [1.165, 1.54) is 6.26 Å². The number of hydrogen-bond donors (Lipinski definition) is 2. The number of furan rings is 1. The predicted molar refractivity (Wildman–Crippen MR) is 94.0 cm³/mol. The number of nitrogens with two attached hydrogens (primary N) is 1.